The van der Waals surface area contributed by atoms with Gasteiger partial charge < -0.3 is 15.0 Å². The number of nitrogens with one attached hydrogen (secondary N) is 1. The molecule has 2 saturated heterocycles. The quantitative estimate of drug-likeness (QED) is 0.877. The van der Waals surface area contributed by atoms with Crippen molar-refractivity contribution in [3.63, 3.8) is 0 Å². The summed E-state index contributed by atoms with van der Waals surface area (Å²) >= 11 is 0. The first-order valence-corrected chi connectivity index (χ1v) is 10.0. The number of amides is 2. The molecule has 3 heterocycles. The molecule has 2 amide bonds. The molecule has 3 rings (SSSR count). The molecular weight excluding hydrogens is 342 g/mol. The maximum absolute atomic E-state index is 12.5. The molecule has 1 aromatic rings. The van der Waals surface area contributed by atoms with Crippen LogP contribution < -0.4 is 5.32 Å². The van der Waals surface area contributed by atoms with E-state index in [1.165, 1.54) is 0 Å². The summed E-state index contributed by atoms with van der Waals surface area (Å²) in [4.78, 5) is 25.8. The summed E-state index contributed by atoms with van der Waals surface area (Å²) in [6, 6.07) is 2.01. The summed E-state index contributed by atoms with van der Waals surface area (Å²) in [6.45, 7) is 12.8. The first-order chi connectivity index (χ1) is 12.8. The van der Waals surface area contributed by atoms with E-state index >= 15 is 0 Å². The van der Waals surface area contributed by atoms with Gasteiger partial charge in [-0.25, -0.2) is 14.8 Å². The minimum absolute atomic E-state index is 0.0145. The fourth-order valence-electron chi connectivity index (χ4n) is 3.77. The Hall–Kier alpha value is -1.73. The Morgan fingerprint density at radius 2 is 2.04 bits per heavy atom. The molecule has 7 nitrogen and oxygen atoms in total. The average molecular weight is 376 g/mol. The van der Waals surface area contributed by atoms with Crippen molar-refractivity contribution < 1.29 is 9.53 Å². The molecule has 1 N–H and O–H groups in total. The summed E-state index contributed by atoms with van der Waals surface area (Å²) in [7, 11) is 0. The van der Waals surface area contributed by atoms with E-state index in [0.717, 1.165) is 50.4 Å². The molecule has 7 heteroatoms. The van der Waals surface area contributed by atoms with Gasteiger partial charge in [0.1, 0.15) is 5.82 Å². The van der Waals surface area contributed by atoms with E-state index < -0.39 is 0 Å². The maximum atomic E-state index is 12.5. The van der Waals surface area contributed by atoms with Crippen molar-refractivity contribution in [2.24, 2.45) is 0 Å². The number of aromatic nitrogens is 2. The van der Waals surface area contributed by atoms with Crippen LogP contribution in [0.15, 0.2) is 12.3 Å². The molecule has 0 atom stereocenters. The molecule has 0 saturated carbocycles. The Morgan fingerprint density at radius 3 is 2.70 bits per heavy atom. The van der Waals surface area contributed by atoms with Gasteiger partial charge in [-0.3, -0.25) is 4.90 Å². The summed E-state index contributed by atoms with van der Waals surface area (Å²) in [5, 5.41) is 3.07. The van der Waals surface area contributed by atoms with Gasteiger partial charge in [0.25, 0.3) is 0 Å². The lowest BCUT2D eigenvalue weighted by Crippen LogP contribution is -2.60. The molecule has 2 aliphatic heterocycles. The van der Waals surface area contributed by atoms with Gasteiger partial charge in [0.05, 0.1) is 24.4 Å². The first-order valence-electron chi connectivity index (χ1n) is 10.0. The number of aryl methyl sites for hydroxylation is 1. The minimum Gasteiger partial charge on any atom is -0.371 e. The number of carbonyl (C=O) groups is 1. The molecule has 2 fully saturated rings. The fourth-order valence-corrected chi connectivity index (χ4v) is 3.77. The van der Waals surface area contributed by atoms with E-state index in [9.17, 15) is 4.79 Å². The van der Waals surface area contributed by atoms with Gasteiger partial charge in [-0.2, -0.15) is 0 Å². The number of hydrogen-bond donors (Lipinski definition) is 1. The Morgan fingerprint density at radius 1 is 1.30 bits per heavy atom. The van der Waals surface area contributed by atoms with E-state index in [2.05, 4.69) is 27.1 Å². The number of ether oxygens (including phenoxy) is 1. The molecule has 27 heavy (non-hydrogen) atoms. The fraction of sp³-hybridized carbons (Fsp3) is 0.750. The van der Waals surface area contributed by atoms with Crippen LogP contribution in [-0.4, -0.2) is 69.7 Å². The van der Waals surface area contributed by atoms with E-state index in [0.29, 0.717) is 19.7 Å². The monoisotopic (exact) mass is 375 g/mol. The topological polar surface area (TPSA) is 70.6 Å². The molecule has 150 valence electrons. The molecule has 1 spiro atoms. The Labute approximate surface area is 162 Å². The standard InChI is InChI=1S/C20H33N5O2/c1-5-17-21-9-6-16(22-17)14-24-10-7-20(8-11-24)15-25(12-13-27-20)18(26)23-19(2,3)4/h6,9H,5,7-8,10-15H2,1-4H3,(H,23,26). The minimum atomic E-state index is -0.221. The third kappa shape index (κ3) is 5.39. The van der Waals surface area contributed by atoms with Gasteiger partial charge >= 0.3 is 6.03 Å². The van der Waals surface area contributed by atoms with Crippen molar-refractivity contribution in [2.75, 3.05) is 32.8 Å². The van der Waals surface area contributed by atoms with E-state index in [4.69, 9.17) is 4.74 Å². The highest BCUT2D eigenvalue weighted by molar-refractivity contribution is 5.75. The van der Waals surface area contributed by atoms with E-state index in [-0.39, 0.29) is 17.2 Å². The third-order valence-electron chi connectivity index (χ3n) is 5.25. The van der Waals surface area contributed by atoms with Crippen LogP contribution in [0.4, 0.5) is 4.79 Å². The van der Waals surface area contributed by atoms with Gasteiger partial charge in [0, 0.05) is 44.3 Å². The number of carbonyl (C=O) groups excluding carboxylic acids is 1. The van der Waals surface area contributed by atoms with Gasteiger partial charge in [-0.1, -0.05) is 6.92 Å². The second-order valence-corrected chi connectivity index (χ2v) is 8.73. The number of rotatable bonds is 3. The lowest BCUT2D eigenvalue weighted by Gasteiger charge is -2.47. The van der Waals surface area contributed by atoms with E-state index in [1.54, 1.807) is 0 Å². The number of urea groups is 1. The van der Waals surface area contributed by atoms with Crippen LogP contribution in [0.2, 0.25) is 0 Å². The summed E-state index contributed by atoms with van der Waals surface area (Å²) in [5.41, 5.74) is 0.652. The molecule has 2 aliphatic rings. The zero-order valence-electron chi connectivity index (χ0n) is 17.1. The first kappa shape index (κ1) is 20.0. The highest BCUT2D eigenvalue weighted by atomic mass is 16.5. The smallest absolute Gasteiger partial charge is 0.317 e. The van der Waals surface area contributed by atoms with Crippen molar-refractivity contribution in [1.82, 2.24) is 25.1 Å². The van der Waals surface area contributed by atoms with Crippen LogP contribution in [0, 0.1) is 0 Å². The molecule has 0 radical (unpaired) electrons. The molecule has 1 aromatic heterocycles. The van der Waals surface area contributed by atoms with Gasteiger partial charge in [-0.15, -0.1) is 0 Å². The number of likely N-dealkylation sites (tertiary alicyclic amines) is 1. The normalized spacial score (nSPS) is 20.7. The Kier molecular flexibility index (Phi) is 6.01. The van der Waals surface area contributed by atoms with Crippen LogP contribution in [0.5, 0.6) is 0 Å². The average Bonchev–Trinajstić information content (AvgIpc) is 2.63. The molecule has 0 unspecified atom stereocenters. The van der Waals surface area contributed by atoms with Gasteiger partial charge in [0.15, 0.2) is 0 Å². The van der Waals surface area contributed by atoms with Crippen LogP contribution in [0.1, 0.15) is 52.1 Å². The highest BCUT2D eigenvalue weighted by Crippen LogP contribution is 2.30. The Bertz CT molecular complexity index is 650. The lowest BCUT2D eigenvalue weighted by molar-refractivity contribution is -0.127. The summed E-state index contributed by atoms with van der Waals surface area (Å²) in [6.07, 6.45) is 4.59. The zero-order valence-corrected chi connectivity index (χ0v) is 17.1. The molecule has 0 aromatic carbocycles. The van der Waals surface area contributed by atoms with Crippen LogP contribution in [0.25, 0.3) is 0 Å². The molecular formula is C20H33N5O2. The highest BCUT2D eigenvalue weighted by Gasteiger charge is 2.41. The van der Waals surface area contributed by atoms with Gasteiger partial charge in [-0.05, 0) is 39.7 Å². The predicted octanol–water partition coefficient (Wildman–Crippen LogP) is 2.21. The lowest BCUT2D eigenvalue weighted by atomic mass is 9.89. The van der Waals surface area contributed by atoms with Gasteiger partial charge in [0.2, 0.25) is 0 Å². The van der Waals surface area contributed by atoms with Crippen molar-refractivity contribution in [1.29, 1.82) is 0 Å². The second kappa shape index (κ2) is 8.10. The summed E-state index contributed by atoms with van der Waals surface area (Å²) < 4.78 is 6.18. The number of piperidine rings is 1. The number of nitrogens with zero attached hydrogens (tertiary/aromatic N) is 4. The van der Waals surface area contributed by atoms with Crippen LogP contribution in [-0.2, 0) is 17.7 Å². The third-order valence-corrected chi connectivity index (χ3v) is 5.25. The molecule has 0 aliphatic carbocycles. The summed E-state index contributed by atoms with van der Waals surface area (Å²) in [5.74, 6) is 0.900. The van der Waals surface area contributed by atoms with Crippen molar-refractivity contribution >= 4 is 6.03 Å². The van der Waals surface area contributed by atoms with Crippen molar-refractivity contribution in [2.45, 2.75) is 64.6 Å². The van der Waals surface area contributed by atoms with E-state index in [1.807, 2.05) is 37.9 Å². The largest absolute Gasteiger partial charge is 0.371 e. The maximum Gasteiger partial charge on any atom is 0.317 e. The number of morpholine rings is 1. The second-order valence-electron chi connectivity index (χ2n) is 8.73. The van der Waals surface area contributed by atoms with Crippen molar-refractivity contribution in [3.8, 4) is 0 Å². The molecule has 0 bridgehead atoms. The van der Waals surface area contributed by atoms with Crippen LogP contribution in [0.3, 0.4) is 0 Å². The zero-order chi connectivity index (χ0) is 19.5. The van der Waals surface area contributed by atoms with Crippen LogP contribution >= 0.6 is 0 Å². The SMILES string of the molecule is CCc1nccc(CN2CCC3(CC2)CN(C(=O)NC(C)(C)C)CCO3)n1. The predicted molar refractivity (Wildman–Crippen MR) is 104 cm³/mol. The Balaban J connectivity index is 1.54. The van der Waals surface area contributed by atoms with Crippen molar-refractivity contribution in [3.05, 3.63) is 23.8 Å². The number of hydrogen-bond acceptors (Lipinski definition) is 5.